The maximum Gasteiger partial charge on any atom is 0.416 e. The Hall–Kier alpha value is -3.33. The van der Waals surface area contributed by atoms with Crippen molar-refractivity contribution in [3.8, 4) is 11.8 Å². The number of aromatic nitrogens is 1. The van der Waals surface area contributed by atoms with Crippen LogP contribution in [0.25, 0.3) is 10.9 Å². The molecule has 1 amide bonds. The maximum absolute atomic E-state index is 12.6. The zero-order valence-corrected chi connectivity index (χ0v) is 13.7. The van der Waals surface area contributed by atoms with Gasteiger partial charge in [0.05, 0.1) is 16.8 Å². The highest BCUT2D eigenvalue weighted by atomic mass is 19.4. The van der Waals surface area contributed by atoms with Gasteiger partial charge in [0.1, 0.15) is 0 Å². The van der Waals surface area contributed by atoms with E-state index in [1.54, 1.807) is 24.4 Å². The SMILES string of the molecule is CC(=O)Nc1ccc(C#Cc2ccc(C(F)(F)F)cc2)c2cccnc12. The first-order valence-electron chi connectivity index (χ1n) is 7.69. The van der Waals surface area contributed by atoms with Crippen LogP contribution in [0.3, 0.4) is 0 Å². The predicted molar refractivity (Wildman–Crippen MR) is 93.5 cm³/mol. The number of rotatable bonds is 1. The second-order valence-electron chi connectivity index (χ2n) is 5.57. The van der Waals surface area contributed by atoms with E-state index in [4.69, 9.17) is 0 Å². The molecule has 3 nitrogen and oxygen atoms in total. The molecule has 2 aromatic carbocycles. The molecular formula is C20H13F3N2O. The molecule has 1 N–H and O–H groups in total. The fourth-order valence-corrected chi connectivity index (χ4v) is 2.45. The number of alkyl halides is 3. The Bertz CT molecular complexity index is 1030. The quantitative estimate of drug-likeness (QED) is 0.649. The number of carbonyl (C=O) groups excluding carboxylic acids is 1. The Kier molecular flexibility index (Phi) is 4.63. The molecule has 0 aliphatic heterocycles. The van der Waals surface area contributed by atoms with Crippen LogP contribution >= 0.6 is 0 Å². The summed E-state index contributed by atoms with van der Waals surface area (Å²) >= 11 is 0. The molecule has 6 heteroatoms. The van der Waals surface area contributed by atoms with Crippen LogP contribution in [-0.2, 0) is 11.0 Å². The van der Waals surface area contributed by atoms with Crippen LogP contribution < -0.4 is 5.32 Å². The molecule has 130 valence electrons. The second kappa shape index (κ2) is 6.89. The monoisotopic (exact) mass is 354 g/mol. The van der Waals surface area contributed by atoms with Crippen molar-refractivity contribution < 1.29 is 18.0 Å². The maximum atomic E-state index is 12.6. The van der Waals surface area contributed by atoms with E-state index in [0.29, 0.717) is 22.3 Å². The van der Waals surface area contributed by atoms with Crippen LogP contribution in [0.4, 0.5) is 18.9 Å². The van der Waals surface area contributed by atoms with Gasteiger partial charge in [-0.05, 0) is 48.5 Å². The first kappa shape index (κ1) is 17.5. The Morgan fingerprint density at radius 3 is 2.42 bits per heavy atom. The van der Waals surface area contributed by atoms with Crippen molar-refractivity contribution in [2.45, 2.75) is 13.1 Å². The van der Waals surface area contributed by atoms with Crippen LogP contribution in [0.1, 0.15) is 23.6 Å². The number of benzene rings is 2. The average Bonchev–Trinajstić information content (AvgIpc) is 2.60. The third-order valence-corrected chi connectivity index (χ3v) is 3.63. The van der Waals surface area contributed by atoms with Crippen LogP contribution in [0, 0.1) is 11.8 Å². The van der Waals surface area contributed by atoms with Gasteiger partial charge in [0.15, 0.2) is 0 Å². The van der Waals surface area contributed by atoms with E-state index in [1.807, 2.05) is 6.07 Å². The third-order valence-electron chi connectivity index (χ3n) is 3.63. The molecule has 0 spiro atoms. The average molecular weight is 354 g/mol. The molecule has 26 heavy (non-hydrogen) atoms. The van der Waals surface area contributed by atoms with Gasteiger partial charge in [-0.25, -0.2) is 0 Å². The fourth-order valence-electron chi connectivity index (χ4n) is 2.45. The van der Waals surface area contributed by atoms with Gasteiger partial charge in [0, 0.05) is 29.6 Å². The molecule has 3 rings (SSSR count). The lowest BCUT2D eigenvalue weighted by molar-refractivity contribution is -0.137. The summed E-state index contributed by atoms with van der Waals surface area (Å²) in [7, 11) is 0. The number of amides is 1. The predicted octanol–water partition coefficient (Wildman–Crippen LogP) is 4.61. The molecule has 3 aromatic rings. The minimum atomic E-state index is -4.37. The van der Waals surface area contributed by atoms with Crippen molar-refractivity contribution in [2.75, 3.05) is 5.32 Å². The summed E-state index contributed by atoms with van der Waals surface area (Å²) in [6.07, 6.45) is -2.76. The highest BCUT2D eigenvalue weighted by Gasteiger charge is 2.29. The van der Waals surface area contributed by atoms with E-state index in [2.05, 4.69) is 22.1 Å². The van der Waals surface area contributed by atoms with Gasteiger partial charge in [-0.3, -0.25) is 9.78 Å². The molecule has 1 aromatic heterocycles. The molecule has 0 atom stereocenters. The van der Waals surface area contributed by atoms with E-state index in [-0.39, 0.29) is 5.91 Å². The highest BCUT2D eigenvalue weighted by Crippen LogP contribution is 2.29. The Labute approximate surface area is 147 Å². The van der Waals surface area contributed by atoms with Gasteiger partial charge in [-0.2, -0.15) is 13.2 Å². The van der Waals surface area contributed by atoms with E-state index in [0.717, 1.165) is 17.5 Å². The standard InChI is InChI=1S/C20H13F3N2O/c1-13(26)25-18-11-8-15(17-3-2-12-24-19(17)18)7-4-14-5-9-16(10-6-14)20(21,22)23/h2-3,5-6,8-12H,1H3,(H,25,26). The minimum Gasteiger partial charge on any atom is -0.324 e. The zero-order valence-electron chi connectivity index (χ0n) is 13.7. The van der Waals surface area contributed by atoms with Crippen molar-refractivity contribution >= 4 is 22.5 Å². The smallest absolute Gasteiger partial charge is 0.324 e. The van der Waals surface area contributed by atoms with Gasteiger partial charge in [0.25, 0.3) is 0 Å². The lowest BCUT2D eigenvalue weighted by Crippen LogP contribution is -2.06. The summed E-state index contributed by atoms with van der Waals surface area (Å²) in [5.41, 5.74) is 1.61. The first-order valence-corrected chi connectivity index (χ1v) is 7.69. The topological polar surface area (TPSA) is 42.0 Å². The lowest BCUT2D eigenvalue weighted by Gasteiger charge is -2.07. The van der Waals surface area contributed by atoms with Gasteiger partial charge in [-0.15, -0.1) is 0 Å². The molecular weight excluding hydrogens is 341 g/mol. The number of fused-ring (bicyclic) bond motifs is 1. The zero-order chi connectivity index (χ0) is 18.7. The molecule has 0 fully saturated rings. The number of hydrogen-bond donors (Lipinski definition) is 1. The van der Waals surface area contributed by atoms with Crippen LogP contribution in [0.2, 0.25) is 0 Å². The number of halogens is 3. The van der Waals surface area contributed by atoms with Crippen molar-refractivity contribution in [3.05, 3.63) is 71.4 Å². The molecule has 0 aliphatic rings. The van der Waals surface area contributed by atoms with Crippen molar-refractivity contribution in [3.63, 3.8) is 0 Å². The Balaban J connectivity index is 1.98. The molecule has 0 saturated carbocycles. The molecule has 0 aliphatic carbocycles. The van der Waals surface area contributed by atoms with Crippen molar-refractivity contribution in [2.24, 2.45) is 0 Å². The highest BCUT2D eigenvalue weighted by molar-refractivity contribution is 6.01. The van der Waals surface area contributed by atoms with E-state index in [1.165, 1.54) is 19.1 Å². The molecule has 0 bridgehead atoms. The van der Waals surface area contributed by atoms with Crippen LogP contribution in [0.5, 0.6) is 0 Å². The van der Waals surface area contributed by atoms with Crippen LogP contribution in [-0.4, -0.2) is 10.9 Å². The molecule has 0 unspecified atom stereocenters. The molecule has 0 radical (unpaired) electrons. The summed E-state index contributed by atoms with van der Waals surface area (Å²) in [6, 6.07) is 11.7. The number of hydrogen-bond acceptors (Lipinski definition) is 2. The molecule has 1 heterocycles. The van der Waals surface area contributed by atoms with Crippen molar-refractivity contribution in [1.82, 2.24) is 4.98 Å². The van der Waals surface area contributed by atoms with Crippen molar-refractivity contribution in [1.29, 1.82) is 0 Å². The largest absolute Gasteiger partial charge is 0.416 e. The van der Waals surface area contributed by atoms with E-state index < -0.39 is 11.7 Å². The molecule has 0 saturated heterocycles. The summed E-state index contributed by atoms with van der Waals surface area (Å²) in [4.78, 5) is 15.6. The summed E-state index contributed by atoms with van der Waals surface area (Å²) in [6.45, 7) is 1.41. The summed E-state index contributed by atoms with van der Waals surface area (Å²) < 4.78 is 37.8. The van der Waals surface area contributed by atoms with E-state index >= 15 is 0 Å². The summed E-state index contributed by atoms with van der Waals surface area (Å²) in [5, 5.41) is 3.46. The number of nitrogens with zero attached hydrogens (tertiary/aromatic N) is 1. The number of nitrogens with one attached hydrogen (secondary N) is 1. The van der Waals surface area contributed by atoms with Gasteiger partial charge in [-0.1, -0.05) is 11.8 Å². The van der Waals surface area contributed by atoms with Gasteiger partial charge < -0.3 is 5.32 Å². The fraction of sp³-hybridized carbons (Fsp3) is 0.100. The van der Waals surface area contributed by atoms with Gasteiger partial charge in [0.2, 0.25) is 5.91 Å². The summed E-state index contributed by atoms with van der Waals surface area (Å²) in [5.74, 6) is 5.61. The lowest BCUT2D eigenvalue weighted by atomic mass is 10.1. The third kappa shape index (κ3) is 3.83. The van der Waals surface area contributed by atoms with Crippen LogP contribution in [0.15, 0.2) is 54.7 Å². The number of carbonyl (C=O) groups is 1. The van der Waals surface area contributed by atoms with E-state index in [9.17, 15) is 18.0 Å². The minimum absolute atomic E-state index is 0.208. The Morgan fingerprint density at radius 2 is 1.77 bits per heavy atom. The number of anilines is 1. The number of pyridine rings is 1. The van der Waals surface area contributed by atoms with Gasteiger partial charge >= 0.3 is 6.18 Å². The Morgan fingerprint density at radius 1 is 1.04 bits per heavy atom. The normalized spacial score (nSPS) is 10.9. The second-order valence-corrected chi connectivity index (χ2v) is 5.57. The first-order chi connectivity index (χ1) is 12.3.